The molecule has 1 aliphatic rings. The van der Waals surface area contributed by atoms with Gasteiger partial charge in [0.15, 0.2) is 0 Å². The summed E-state index contributed by atoms with van der Waals surface area (Å²) in [5.74, 6) is -0.965. The molecule has 1 heterocycles. The lowest BCUT2D eigenvalue weighted by atomic mass is 10.1. The third kappa shape index (κ3) is 3.05. The number of anilines is 1. The normalized spacial score (nSPS) is 14.7. The minimum absolute atomic E-state index is 0.0994. The van der Waals surface area contributed by atoms with Gasteiger partial charge >= 0.3 is 5.97 Å². The number of carboxylic acids is 1. The maximum Gasteiger partial charge on any atom is 0.328 e. The molecule has 2 aromatic carbocycles. The zero-order chi connectivity index (χ0) is 17.1. The molecule has 24 heavy (non-hydrogen) atoms. The Labute approximate surface area is 139 Å². The zero-order valence-corrected chi connectivity index (χ0v) is 12.8. The van der Waals surface area contributed by atoms with E-state index in [0.717, 1.165) is 11.6 Å². The molecule has 0 saturated heterocycles. The van der Waals surface area contributed by atoms with Crippen molar-refractivity contribution in [2.45, 2.75) is 0 Å². The van der Waals surface area contributed by atoms with E-state index in [4.69, 9.17) is 10.5 Å². The van der Waals surface area contributed by atoms with E-state index in [0.29, 0.717) is 16.8 Å². The number of aliphatic carboxylic acids is 1. The van der Waals surface area contributed by atoms with Gasteiger partial charge in [0.2, 0.25) is 0 Å². The van der Waals surface area contributed by atoms with Gasteiger partial charge in [0.1, 0.15) is 5.84 Å². The number of nitrogens with zero attached hydrogens (tertiary/aromatic N) is 1. The van der Waals surface area contributed by atoms with Crippen LogP contribution in [0.3, 0.4) is 0 Å². The smallest absolute Gasteiger partial charge is 0.328 e. The van der Waals surface area contributed by atoms with Crippen LogP contribution >= 0.6 is 0 Å². The maximum absolute atomic E-state index is 12.4. The van der Waals surface area contributed by atoms with E-state index in [9.17, 15) is 9.90 Å². The van der Waals surface area contributed by atoms with Crippen molar-refractivity contribution in [1.82, 2.24) is 0 Å². The van der Waals surface area contributed by atoms with E-state index >= 15 is 0 Å². The SMILES string of the molecule is N=C1C(c2ccccc2)=C([O-])CN1c1cccc(/C=C/C(=O)O)c1. The second kappa shape index (κ2) is 6.42. The minimum Gasteiger partial charge on any atom is -0.874 e. The molecule has 0 amide bonds. The van der Waals surface area contributed by atoms with Crippen LogP contribution in [-0.2, 0) is 4.79 Å². The van der Waals surface area contributed by atoms with Crippen molar-refractivity contribution in [1.29, 1.82) is 5.41 Å². The van der Waals surface area contributed by atoms with Gasteiger partial charge in [-0.25, -0.2) is 4.79 Å². The highest BCUT2D eigenvalue weighted by atomic mass is 16.4. The molecular formula is C19H15N2O3-. The van der Waals surface area contributed by atoms with Gasteiger partial charge in [-0.3, -0.25) is 5.41 Å². The van der Waals surface area contributed by atoms with Gasteiger partial charge in [0.05, 0.1) is 0 Å². The molecule has 120 valence electrons. The molecule has 0 radical (unpaired) electrons. The van der Waals surface area contributed by atoms with Gasteiger partial charge in [-0.1, -0.05) is 42.5 Å². The van der Waals surface area contributed by atoms with Crippen molar-refractivity contribution in [2.24, 2.45) is 0 Å². The molecule has 0 saturated carbocycles. The zero-order valence-electron chi connectivity index (χ0n) is 12.8. The standard InChI is InChI=1S/C19H16N2O3/c20-19-18(14-6-2-1-3-7-14)16(22)12-21(19)15-8-4-5-13(11-15)9-10-17(23)24/h1-11,20,22H,12H2,(H,23,24)/p-1/b10-9+,20-19?. The molecule has 0 fully saturated rings. The molecule has 0 spiro atoms. The Kier molecular flexibility index (Phi) is 4.16. The second-order valence-electron chi connectivity index (χ2n) is 5.37. The van der Waals surface area contributed by atoms with Crippen LogP contribution in [0.5, 0.6) is 0 Å². The Morgan fingerprint density at radius 3 is 2.62 bits per heavy atom. The summed E-state index contributed by atoms with van der Waals surface area (Å²) in [4.78, 5) is 12.3. The van der Waals surface area contributed by atoms with Crippen LogP contribution in [0.25, 0.3) is 11.6 Å². The van der Waals surface area contributed by atoms with E-state index < -0.39 is 5.97 Å². The highest BCUT2D eigenvalue weighted by Crippen LogP contribution is 2.30. The summed E-state index contributed by atoms with van der Waals surface area (Å²) < 4.78 is 0. The fraction of sp³-hybridized carbons (Fsp3) is 0.0526. The first-order valence-corrected chi connectivity index (χ1v) is 7.39. The molecule has 5 heteroatoms. The van der Waals surface area contributed by atoms with Crippen molar-refractivity contribution in [3.05, 3.63) is 77.6 Å². The number of hydrogen-bond acceptors (Lipinski definition) is 3. The molecular weight excluding hydrogens is 304 g/mol. The monoisotopic (exact) mass is 319 g/mol. The van der Waals surface area contributed by atoms with Gasteiger partial charge in [-0.05, 0) is 29.3 Å². The molecule has 0 bridgehead atoms. The van der Waals surface area contributed by atoms with E-state index in [1.165, 1.54) is 6.08 Å². The Morgan fingerprint density at radius 2 is 1.92 bits per heavy atom. The third-order valence-electron chi connectivity index (χ3n) is 3.75. The third-order valence-corrected chi connectivity index (χ3v) is 3.75. The molecule has 0 aromatic heterocycles. The predicted molar refractivity (Wildman–Crippen MR) is 91.5 cm³/mol. The Balaban J connectivity index is 1.89. The number of carbonyl (C=O) groups is 1. The summed E-state index contributed by atoms with van der Waals surface area (Å²) >= 11 is 0. The Hall–Kier alpha value is -3.34. The van der Waals surface area contributed by atoms with Gasteiger partial charge < -0.3 is 15.1 Å². The van der Waals surface area contributed by atoms with Crippen molar-refractivity contribution in [3.63, 3.8) is 0 Å². The summed E-state index contributed by atoms with van der Waals surface area (Å²) in [6.45, 7) is 0.106. The Morgan fingerprint density at radius 1 is 1.17 bits per heavy atom. The number of benzene rings is 2. The van der Waals surface area contributed by atoms with Crippen LogP contribution < -0.4 is 10.0 Å². The van der Waals surface area contributed by atoms with E-state index in [2.05, 4.69) is 0 Å². The molecule has 0 atom stereocenters. The largest absolute Gasteiger partial charge is 0.874 e. The van der Waals surface area contributed by atoms with Gasteiger partial charge in [-0.2, -0.15) is 0 Å². The van der Waals surface area contributed by atoms with E-state index in [1.54, 1.807) is 29.2 Å². The molecule has 5 nitrogen and oxygen atoms in total. The van der Waals surface area contributed by atoms with Gasteiger partial charge in [0.25, 0.3) is 0 Å². The lowest BCUT2D eigenvalue weighted by Crippen LogP contribution is -2.27. The van der Waals surface area contributed by atoms with Crippen LogP contribution in [0.2, 0.25) is 0 Å². The first-order chi connectivity index (χ1) is 11.6. The fourth-order valence-electron chi connectivity index (χ4n) is 2.66. The summed E-state index contributed by atoms with van der Waals surface area (Å²) in [5, 5.41) is 29.4. The summed E-state index contributed by atoms with van der Waals surface area (Å²) in [6.07, 6.45) is 2.54. The van der Waals surface area contributed by atoms with Crippen LogP contribution in [0.4, 0.5) is 5.69 Å². The average molecular weight is 319 g/mol. The van der Waals surface area contributed by atoms with E-state index in [-0.39, 0.29) is 18.1 Å². The highest BCUT2D eigenvalue weighted by Gasteiger charge is 2.24. The fourth-order valence-corrected chi connectivity index (χ4v) is 2.66. The van der Waals surface area contributed by atoms with Crippen molar-refractivity contribution >= 4 is 29.1 Å². The molecule has 0 unspecified atom stereocenters. The maximum atomic E-state index is 12.4. The van der Waals surface area contributed by atoms with Crippen LogP contribution in [-0.4, -0.2) is 23.5 Å². The lowest BCUT2D eigenvalue weighted by Gasteiger charge is -2.20. The van der Waals surface area contributed by atoms with Gasteiger partial charge in [-0.15, -0.1) is 5.76 Å². The number of rotatable bonds is 4. The van der Waals surface area contributed by atoms with Crippen LogP contribution in [0.15, 0.2) is 66.4 Å². The first kappa shape index (κ1) is 15.6. The van der Waals surface area contributed by atoms with Crippen molar-refractivity contribution in [2.75, 3.05) is 11.4 Å². The summed E-state index contributed by atoms with van der Waals surface area (Å²) in [6, 6.07) is 16.3. The van der Waals surface area contributed by atoms with Crippen LogP contribution in [0.1, 0.15) is 11.1 Å². The van der Waals surface area contributed by atoms with Gasteiger partial charge in [0, 0.05) is 23.9 Å². The number of hydrogen-bond donors (Lipinski definition) is 2. The molecule has 2 aromatic rings. The molecule has 3 rings (SSSR count). The minimum atomic E-state index is -1.02. The topological polar surface area (TPSA) is 87.5 Å². The number of nitrogens with one attached hydrogen (secondary N) is 1. The second-order valence-corrected chi connectivity index (χ2v) is 5.37. The molecule has 1 aliphatic heterocycles. The first-order valence-electron chi connectivity index (χ1n) is 7.39. The van der Waals surface area contributed by atoms with E-state index in [1.807, 2.05) is 30.3 Å². The van der Waals surface area contributed by atoms with Crippen molar-refractivity contribution < 1.29 is 15.0 Å². The molecule has 0 aliphatic carbocycles. The summed E-state index contributed by atoms with van der Waals surface area (Å²) in [7, 11) is 0. The number of amidine groups is 1. The van der Waals surface area contributed by atoms with Crippen molar-refractivity contribution in [3.8, 4) is 0 Å². The Bertz CT molecular complexity index is 854. The highest BCUT2D eigenvalue weighted by molar-refractivity contribution is 6.30. The quantitative estimate of drug-likeness (QED) is 0.847. The average Bonchev–Trinajstić information content (AvgIpc) is 2.88. The lowest BCUT2D eigenvalue weighted by molar-refractivity contribution is -0.300. The predicted octanol–water partition coefficient (Wildman–Crippen LogP) is 2.35. The molecule has 2 N–H and O–H groups in total. The van der Waals surface area contributed by atoms with Crippen LogP contribution in [0, 0.1) is 5.41 Å². The number of carboxylic acid groups (broad SMARTS) is 1. The summed E-state index contributed by atoms with van der Waals surface area (Å²) in [5.41, 5.74) is 2.52.